The molecule has 0 amide bonds. The van der Waals surface area contributed by atoms with Gasteiger partial charge in [-0.15, -0.1) is 0 Å². The van der Waals surface area contributed by atoms with E-state index in [1.807, 2.05) is 86.7 Å². The Morgan fingerprint density at radius 3 is 2.33 bits per heavy atom. The number of nitrogens with zero attached hydrogens (tertiary/aromatic N) is 3. The van der Waals surface area contributed by atoms with Gasteiger partial charge in [-0.2, -0.15) is 0 Å². The van der Waals surface area contributed by atoms with Gasteiger partial charge in [0.15, 0.2) is 0 Å². The average Bonchev–Trinajstić information content (AvgIpc) is 2.69. The molecule has 0 atom stereocenters. The lowest BCUT2D eigenvalue weighted by atomic mass is 10.1. The smallest absolute Gasteiger partial charge is 0.266 e. The van der Waals surface area contributed by atoms with Gasteiger partial charge in [0, 0.05) is 6.20 Å². The van der Waals surface area contributed by atoms with Crippen LogP contribution in [0.5, 0.6) is 0 Å². The second kappa shape index (κ2) is 7.00. The van der Waals surface area contributed by atoms with Gasteiger partial charge in [0.1, 0.15) is 5.82 Å². The van der Waals surface area contributed by atoms with Crippen LogP contribution in [0.3, 0.4) is 0 Å². The van der Waals surface area contributed by atoms with Crippen molar-refractivity contribution in [2.75, 3.05) is 0 Å². The zero-order valence-corrected chi connectivity index (χ0v) is 15.3. The first-order chi connectivity index (χ1) is 13.1. The summed E-state index contributed by atoms with van der Waals surface area (Å²) >= 11 is 0. The number of fused-ring (bicyclic) bond motifs is 1. The molecule has 4 aromatic rings. The van der Waals surface area contributed by atoms with Crippen LogP contribution >= 0.6 is 0 Å². The highest BCUT2D eigenvalue weighted by molar-refractivity contribution is 5.80. The lowest BCUT2D eigenvalue weighted by Crippen LogP contribution is -2.23. The predicted octanol–water partition coefficient (Wildman–Crippen LogP) is 4.57. The molecule has 4 heteroatoms. The summed E-state index contributed by atoms with van der Waals surface area (Å²) in [5, 5.41) is 0.607. The molecule has 2 heterocycles. The number of pyridine rings is 1. The maximum Gasteiger partial charge on any atom is 0.266 e. The first-order valence-electron chi connectivity index (χ1n) is 8.82. The molecule has 132 valence electrons. The van der Waals surface area contributed by atoms with Crippen molar-refractivity contribution in [2.45, 2.75) is 13.8 Å². The van der Waals surface area contributed by atoms with Gasteiger partial charge >= 0.3 is 0 Å². The van der Waals surface area contributed by atoms with E-state index in [-0.39, 0.29) is 5.56 Å². The molecule has 2 aromatic heterocycles. The molecule has 0 aliphatic heterocycles. The highest BCUT2D eigenvalue weighted by Gasteiger charge is 2.14. The average molecular weight is 353 g/mol. The van der Waals surface area contributed by atoms with E-state index in [9.17, 15) is 4.79 Å². The van der Waals surface area contributed by atoms with Gasteiger partial charge in [0.25, 0.3) is 5.56 Å². The number of aryl methyl sites for hydroxylation is 2. The molecule has 2 aromatic carbocycles. The molecule has 0 fully saturated rings. The van der Waals surface area contributed by atoms with Crippen molar-refractivity contribution >= 4 is 23.1 Å². The first kappa shape index (κ1) is 16.9. The van der Waals surface area contributed by atoms with Crippen LogP contribution in [0.15, 0.2) is 71.7 Å². The van der Waals surface area contributed by atoms with Crippen molar-refractivity contribution in [1.82, 2.24) is 14.5 Å². The zero-order valence-electron chi connectivity index (χ0n) is 15.3. The fourth-order valence-corrected chi connectivity index (χ4v) is 3.27. The van der Waals surface area contributed by atoms with E-state index in [2.05, 4.69) is 4.98 Å². The first-order valence-corrected chi connectivity index (χ1v) is 8.82. The lowest BCUT2D eigenvalue weighted by Gasteiger charge is -2.16. The molecule has 4 nitrogen and oxygen atoms in total. The molecule has 4 rings (SSSR count). The van der Waals surface area contributed by atoms with Crippen LogP contribution in [0, 0.1) is 13.8 Å². The Labute approximate surface area is 157 Å². The highest BCUT2D eigenvalue weighted by atomic mass is 16.1. The third kappa shape index (κ3) is 3.17. The third-order valence-electron chi connectivity index (χ3n) is 4.56. The summed E-state index contributed by atoms with van der Waals surface area (Å²) < 4.78 is 1.70. The van der Waals surface area contributed by atoms with Crippen LogP contribution in [0.1, 0.15) is 22.6 Å². The van der Waals surface area contributed by atoms with Crippen LogP contribution in [-0.4, -0.2) is 14.5 Å². The van der Waals surface area contributed by atoms with Gasteiger partial charge in [-0.3, -0.25) is 14.3 Å². The van der Waals surface area contributed by atoms with Crippen molar-refractivity contribution in [3.63, 3.8) is 0 Å². The molecule has 0 spiro atoms. The van der Waals surface area contributed by atoms with E-state index < -0.39 is 0 Å². The topological polar surface area (TPSA) is 47.8 Å². The molecular weight excluding hydrogens is 334 g/mol. The van der Waals surface area contributed by atoms with Crippen molar-refractivity contribution < 1.29 is 0 Å². The van der Waals surface area contributed by atoms with Gasteiger partial charge in [0.2, 0.25) is 0 Å². The van der Waals surface area contributed by atoms with Crippen LogP contribution in [0.2, 0.25) is 0 Å². The molecular formula is C23H19N3O. The predicted molar refractivity (Wildman–Crippen MR) is 110 cm³/mol. The van der Waals surface area contributed by atoms with Gasteiger partial charge in [-0.05, 0) is 61.4 Å². The highest BCUT2D eigenvalue weighted by Crippen LogP contribution is 2.21. The molecule has 0 aliphatic carbocycles. The van der Waals surface area contributed by atoms with Gasteiger partial charge in [-0.25, -0.2) is 4.98 Å². The van der Waals surface area contributed by atoms with E-state index in [1.165, 1.54) is 0 Å². The van der Waals surface area contributed by atoms with Crippen LogP contribution < -0.4 is 5.56 Å². The fraction of sp³-hybridized carbons (Fsp3) is 0.0870. The molecule has 0 bridgehead atoms. The molecule has 0 radical (unpaired) electrons. The van der Waals surface area contributed by atoms with E-state index >= 15 is 0 Å². The molecule has 0 saturated heterocycles. The number of para-hydroxylation sites is 2. The van der Waals surface area contributed by atoms with Crippen molar-refractivity contribution in [2.24, 2.45) is 0 Å². The molecule has 0 unspecified atom stereocenters. The largest absolute Gasteiger partial charge is 0.268 e. The van der Waals surface area contributed by atoms with Crippen molar-refractivity contribution in [3.05, 3.63) is 99.9 Å². The van der Waals surface area contributed by atoms with E-state index in [4.69, 9.17) is 4.98 Å². The Hall–Kier alpha value is -3.53. The van der Waals surface area contributed by atoms with Crippen LogP contribution in [0.25, 0.3) is 28.7 Å². The van der Waals surface area contributed by atoms with E-state index in [0.717, 1.165) is 22.5 Å². The SMILES string of the molecule is Cc1cccc(C)c1-n1c(/C=C/c2ccccn2)nc2ccccc2c1=O. The minimum atomic E-state index is -0.0707. The second-order valence-electron chi connectivity index (χ2n) is 6.46. The van der Waals surface area contributed by atoms with Crippen LogP contribution in [0.4, 0.5) is 0 Å². The monoisotopic (exact) mass is 353 g/mol. The number of hydrogen-bond acceptors (Lipinski definition) is 3. The quantitative estimate of drug-likeness (QED) is 0.542. The Balaban J connectivity index is 2.02. The third-order valence-corrected chi connectivity index (χ3v) is 4.56. The summed E-state index contributed by atoms with van der Waals surface area (Å²) in [5.74, 6) is 0.585. The van der Waals surface area contributed by atoms with Crippen LogP contribution in [-0.2, 0) is 0 Å². The number of benzene rings is 2. The van der Waals surface area contributed by atoms with E-state index in [0.29, 0.717) is 16.7 Å². The second-order valence-corrected chi connectivity index (χ2v) is 6.46. The molecule has 0 aliphatic rings. The van der Waals surface area contributed by atoms with Crippen molar-refractivity contribution in [1.29, 1.82) is 0 Å². The van der Waals surface area contributed by atoms with E-state index in [1.54, 1.807) is 10.8 Å². The van der Waals surface area contributed by atoms with Gasteiger partial charge in [-0.1, -0.05) is 36.4 Å². The summed E-state index contributed by atoms with van der Waals surface area (Å²) in [6.45, 7) is 4.02. The Morgan fingerprint density at radius 2 is 1.59 bits per heavy atom. The molecule has 0 saturated carbocycles. The summed E-state index contributed by atoms with van der Waals surface area (Å²) in [5.41, 5.74) is 4.36. The summed E-state index contributed by atoms with van der Waals surface area (Å²) in [6.07, 6.45) is 5.47. The maximum absolute atomic E-state index is 13.3. The minimum absolute atomic E-state index is 0.0707. The summed E-state index contributed by atoms with van der Waals surface area (Å²) in [4.78, 5) is 22.4. The maximum atomic E-state index is 13.3. The Bertz CT molecular complexity index is 1190. The molecule has 27 heavy (non-hydrogen) atoms. The number of aromatic nitrogens is 3. The summed E-state index contributed by atoms with van der Waals surface area (Å²) in [7, 11) is 0. The summed E-state index contributed by atoms with van der Waals surface area (Å²) in [6, 6.07) is 19.2. The number of hydrogen-bond donors (Lipinski definition) is 0. The standard InChI is InChI=1S/C23H19N3O/c1-16-8-7-9-17(2)22(16)26-21(14-13-18-10-5-6-15-24-18)25-20-12-4-3-11-19(20)23(26)27/h3-15H,1-2H3/b14-13+. The Kier molecular flexibility index (Phi) is 4.38. The zero-order chi connectivity index (χ0) is 18.8. The van der Waals surface area contributed by atoms with Crippen molar-refractivity contribution in [3.8, 4) is 5.69 Å². The molecule has 0 N–H and O–H groups in total. The number of rotatable bonds is 3. The normalized spacial score (nSPS) is 11.3. The minimum Gasteiger partial charge on any atom is -0.268 e. The Morgan fingerprint density at radius 1 is 0.852 bits per heavy atom. The van der Waals surface area contributed by atoms with Gasteiger partial charge < -0.3 is 0 Å². The van der Waals surface area contributed by atoms with Gasteiger partial charge in [0.05, 0.1) is 22.3 Å². The lowest BCUT2D eigenvalue weighted by molar-refractivity contribution is 0.924. The fourth-order valence-electron chi connectivity index (χ4n) is 3.27.